The van der Waals surface area contributed by atoms with E-state index in [1.165, 1.54) is 0 Å². The van der Waals surface area contributed by atoms with Crippen LogP contribution in [0.4, 0.5) is 4.79 Å². The smallest absolute Gasteiger partial charge is 1.00 e. The number of hydrogen-bond donors (Lipinski definition) is 2. The zero-order valence-electron chi connectivity index (χ0n) is 4.30. The fourth-order valence-corrected chi connectivity index (χ4v) is 0. The van der Waals surface area contributed by atoms with Crippen LogP contribution in [0.5, 0.6) is 0 Å². The first kappa shape index (κ1) is 15.7. The third-order valence-electron chi connectivity index (χ3n) is 0. The minimum atomic E-state index is -1.83. The summed E-state index contributed by atoms with van der Waals surface area (Å²) in [6.07, 6.45) is -1.83. The van der Waals surface area contributed by atoms with Crippen molar-refractivity contribution in [1.29, 1.82) is 0 Å². The van der Waals surface area contributed by atoms with Crippen LogP contribution in [0.3, 0.4) is 0 Å². The Hall–Kier alpha value is 1.78. The van der Waals surface area contributed by atoms with Crippen LogP contribution < -0.4 is 51.4 Å². The van der Waals surface area contributed by atoms with Crippen molar-refractivity contribution in [3.05, 3.63) is 0 Å². The van der Waals surface area contributed by atoms with Gasteiger partial charge >= 0.3 is 57.5 Å². The Morgan fingerprint density at radius 1 is 1.50 bits per heavy atom. The monoisotopic (exact) mass is 282 g/mol. The van der Waals surface area contributed by atoms with E-state index in [1.807, 2.05) is 0 Å². The van der Waals surface area contributed by atoms with Gasteiger partial charge in [-0.15, -0.1) is 0 Å². The average Bonchev–Trinajstić information content (AvgIpc) is 0.811. The van der Waals surface area contributed by atoms with E-state index < -0.39 is 6.16 Å². The van der Waals surface area contributed by atoms with Gasteiger partial charge in [-0.3, -0.25) is 0 Å². The van der Waals surface area contributed by atoms with Crippen LogP contribution >= 0.6 is 0 Å². The Bertz CT molecular complexity index is 37.9. The summed E-state index contributed by atoms with van der Waals surface area (Å²) in [6.45, 7) is 0. The number of hydrogen-bond acceptors (Lipinski definition) is 1. The van der Waals surface area contributed by atoms with Crippen LogP contribution in [0.2, 0.25) is 0 Å². The molecular formula is CH3HfKO3. The first-order chi connectivity index (χ1) is 1.73. The van der Waals surface area contributed by atoms with E-state index in [-0.39, 0.29) is 78.7 Å². The van der Waals surface area contributed by atoms with Crippen LogP contribution in [0, 0.1) is 0 Å². The summed E-state index contributed by atoms with van der Waals surface area (Å²) in [5.41, 5.74) is 0. The molecule has 0 aromatic carbocycles. The van der Waals surface area contributed by atoms with Crippen molar-refractivity contribution >= 4 is 6.16 Å². The summed E-state index contributed by atoms with van der Waals surface area (Å²) in [6, 6.07) is 0. The van der Waals surface area contributed by atoms with Crippen molar-refractivity contribution < 1.29 is 93.7 Å². The Balaban J connectivity index is -0.0000000150. The van der Waals surface area contributed by atoms with Gasteiger partial charge in [0.1, 0.15) is 0 Å². The normalized spacial score (nSPS) is 4.00. The standard InChI is InChI=1S/CH2O3.Hf.K.H/c2-1(3)4;;;/h(H2,2,3,4);;;/q;;+1;-1. The molecule has 0 aliphatic carbocycles. The van der Waals surface area contributed by atoms with Crippen molar-refractivity contribution in [3.63, 3.8) is 0 Å². The van der Waals surface area contributed by atoms with Gasteiger partial charge in [-0.25, -0.2) is 4.79 Å². The third kappa shape index (κ3) is 41.8. The summed E-state index contributed by atoms with van der Waals surface area (Å²) < 4.78 is 0. The summed E-state index contributed by atoms with van der Waals surface area (Å²) in [7, 11) is 0. The van der Waals surface area contributed by atoms with E-state index in [1.54, 1.807) is 0 Å². The first-order valence-electron chi connectivity index (χ1n) is 0.651. The van der Waals surface area contributed by atoms with Crippen LogP contribution in [0.25, 0.3) is 0 Å². The molecule has 0 rings (SSSR count). The molecule has 0 bridgehead atoms. The Morgan fingerprint density at radius 3 is 1.50 bits per heavy atom. The summed E-state index contributed by atoms with van der Waals surface area (Å²) >= 11 is 0. The number of carboxylic acid groups (broad SMARTS) is 2. The van der Waals surface area contributed by atoms with Crippen molar-refractivity contribution in [2.75, 3.05) is 0 Å². The molecule has 0 fully saturated rings. The minimum absolute atomic E-state index is 0. The maximum atomic E-state index is 8.56. The van der Waals surface area contributed by atoms with E-state index in [9.17, 15) is 0 Å². The minimum Gasteiger partial charge on any atom is -1.00 e. The summed E-state index contributed by atoms with van der Waals surface area (Å²) in [5.74, 6) is 0. The zero-order valence-corrected chi connectivity index (χ0v) is 10.0. The summed E-state index contributed by atoms with van der Waals surface area (Å²) in [4.78, 5) is 8.56. The molecule has 30 valence electrons. The molecule has 6 heavy (non-hydrogen) atoms. The molecule has 0 aromatic rings. The molecular weight excluding hydrogens is 278 g/mol. The van der Waals surface area contributed by atoms with Crippen molar-refractivity contribution in [2.45, 2.75) is 0 Å². The predicted molar refractivity (Wildman–Crippen MR) is 11.8 cm³/mol. The van der Waals surface area contributed by atoms with Gasteiger partial charge in [-0.2, -0.15) is 0 Å². The SMILES string of the molecule is O=C(O)O.[H-].[Hf].[K+]. The van der Waals surface area contributed by atoms with Crippen LogP contribution in [-0.2, 0) is 25.8 Å². The van der Waals surface area contributed by atoms with Gasteiger partial charge in [0, 0.05) is 25.8 Å². The van der Waals surface area contributed by atoms with Gasteiger partial charge in [0.25, 0.3) is 0 Å². The quantitative estimate of drug-likeness (QED) is 0.476. The van der Waals surface area contributed by atoms with Crippen molar-refractivity contribution in [3.8, 4) is 0 Å². The molecule has 0 unspecified atom stereocenters. The molecule has 0 heterocycles. The first-order valence-corrected chi connectivity index (χ1v) is 0.651. The van der Waals surface area contributed by atoms with Crippen LogP contribution in [-0.4, -0.2) is 16.4 Å². The van der Waals surface area contributed by atoms with Gasteiger partial charge < -0.3 is 11.6 Å². The second-order valence-corrected chi connectivity index (χ2v) is 0.283. The van der Waals surface area contributed by atoms with Gasteiger partial charge in [0.15, 0.2) is 0 Å². The largest absolute Gasteiger partial charge is 1.00 e. The van der Waals surface area contributed by atoms with Gasteiger partial charge in [0.2, 0.25) is 0 Å². The fraction of sp³-hybridized carbons (Fsp3) is 0. The van der Waals surface area contributed by atoms with E-state index in [4.69, 9.17) is 15.0 Å². The maximum Gasteiger partial charge on any atom is 1.00 e. The van der Waals surface area contributed by atoms with E-state index in [0.29, 0.717) is 0 Å². The van der Waals surface area contributed by atoms with E-state index >= 15 is 0 Å². The Morgan fingerprint density at radius 2 is 1.50 bits per heavy atom. The molecule has 0 aliphatic rings. The van der Waals surface area contributed by atoms with Gasteiger partial charge in [-0.05, 0) is 0 Å². The topological polar surface area (TPSA) is 57.5 Å². The van der Waals surface area contributed by atoms with Crippen LogP contribution in [0.15, 0.2) is 0 Å². The predicted octanol–water partition coefficient (Wildman–Crippen LogP) is -2.66. The molecule has 0 aliphatic heterocycles. The Kier molecular flexibility index (Phi) is 25.9. The average molecular weight is 281 g/mol. The van der Waals surface area contributed by atoms with Crippen molar-refractivity contribution in [1.82, 2.24) is 0 Å². The maximum absolute atomic E-state index is 8.56. The third-order valence-corrected chi connectivity index (χ3v) is 0. The molecule has 0 atom stereocenters. The molecule has 0 saturated carbocycles. The van der Waals surface area contributed by atoms with E-state index in [0.717, 1.165) is 0 Å². The number of rotatable bonds is 0. The molecule has 0 spiro atoms. The summed E-state index contributed by atoms with van der Waals surface area (Å²) in [5, 5.41) is 13.9. The zero-order chi connectivity index (χ0) is 3.58. The molecule has 5 heteroatoms. The molecule has 0 radical (unpaired) electrons. The molecule has 0 amide bonds. The van der Waals surface area contributed by atoms with Crippen molar-refractivity contribution in [2.24, 2.45) is 0 Å². The molecule has 3 nitrogen and oxygen atoms in total. The van der Waals surface area contributed by atoms with Crippen LogP contribution in [0.1, 0.15) is 1.43 Å². The second kappa shape index (κ2) is 9.91. The van der Waals surface area contributed by atoms with E-state index in [2.05, 4.69) is 0 Å². The molecule has 0 saturated heterocycles. The van der Waals surface area contributed by atoms with Gasteiger partial charge in [0.05, 0.1) is 0 Å². The second-order valence-electron chi connectivity index (χ2n) is 0.283. The molecule has 0 aromatic heterocycles. The number of carbonyl (C=O) groups is 1. The van der Waals surface area contributed by atoms with Gasteiger partial charge in [-0.1, -0.05) is 0 Å². The fourth-order valence-electron chi connectivity index (χ4n) is 0. The Labute approximate surface area is 97.8 Å². The molecule has 2 N–H and O–H groups in total.